The normalized spacial score (nSPS) is 13.3. The van der Waals surface area contributed by atoms with E-state index in [2.05, 4.69) is 42.2 Å². The third-order valence-corrected chi connectivity index (χ3v) is 6.93. The summed E-state index contributed by atoms with van der Waals surface area (Å²) in [7, 11) is 0. The third-order valence-electron chi connectivity index (χ3n) is 6.05. The number of nitrogens with zero attached hydrogens (tertiary/aromatic N) is 4. The zero-order valence-corrected chi connectivity index (χ0v) is 20.1. The van der Waals surface area contributed by atoms with E-state index in [1.807, 2.05) is 49.4 Å². The van der Waals surface area contributed by atoms with Gasteiger partial charge in [-0.25, -0.2) is 4.98 Å². The maximum absolute atomic E-state index is 12.5. The summed E-state index contributed by atoms with van der Waals surface area (Å²) in [5, 5.41) is 12.5. The van der Waals surface area contributed by atoms with E-state index in [-0.39, 0.29) is 11.7 Å². The fourth-order valence-electron chi connectivity index (χ4n) is 4.23. The first-order valence-corrected chi connectivity index (χ1v) is 12.7. The van der Waals surface area contributed by atoms with Crippen LogP contribution >= 0.6 is 11.8 Å². The summed E-state index contributed by atoms with van der Waals surface area (Å²) in [6.07, 6.45) is 5.33. The molecule has 0 saturated carbocycles. The Kier molecular flexibility index (Phi) is 6.76. The van der Waals surface area contributed by atoms with Gasteiger partial charge in [-0.3, -0.25) is 4.79 Å². The number of rotatable bonds is 7. The van der Waals surface area contributed by atoms with Crippen molar-refractivity contribution in [2.24, 2.45) is 0 Å². The van der Waals surface area contributed by atoms with Crippen molar-refractivity contribution in [1.29, 1.82) is 0 Å². The van der Waals surface area contributed by atoms with E-state index in [0.717, 1.165) is 65.3 Å². The number of carbonyl (C=O) groups excluding carboxylic acids is 1. The van der Waals surface area contributed by atoms with Gasteiger partial charge in [0.1, 0.15) is 5.82 Å². The lowest BCUT2D eigenvalue weighted by molar-refractivity contribution is -0.113. The standard InChI is InChI=1S/C26H28N6OS/c1-18-22(16-19-8-4-2-5-9-19)29-26(27-18)34-17-24(33)28-21-13-11-20(12-14-21)25-31-30-23-10-6-3-7-15-32(23)25/h2,4-5,8-9,11-14H,3,6-7,10,15-17H2,1H3,(H,27,29)(H,28,33). The van der Waals surface area contributed by atoms with Crippen molar-refractivity contribution >= 4 is 23.4 Å². The second-order valence-corrected chi connectivity index (χ2v) is 9.56. The number of thioether (sulfide) groups is 1. The molecule has 1 amide bonds. The molecule has 2 aromatic carbocycles. The van der Waals surface area contributed by atoms with Gasteiger partial charge in [-0.05, 0) is 49.6 Å². The third kappa shape index (κ3) is 5.22. The van der Waals surface area contributed by atoms with Gasteiger partial charge in [0.2, 0.25) is 5.91 Å². The van der Waals surface area contributed by atoms with Crippen LogP contribution in [0, 0.1) is 6.92 Å². The van der Waals surface area contributed by atoms with Crippen LogP contribution in [0.4, 0.5) is 5.69 Å². The molecule has 1 aliphatic heterocycles. The lowest BCUT2D eigenvalue weighted by Gasteiger charge is -2.08. The van der Waals surface area contributed by atoms with Gasteiger partial charge in [-0.2, -0.15) is 0 Å². The number of nitrogens with one attached hydrogen (secondary N) is 2. The number of fused-ring (bicyclic) bond motifs is 1. The lowest BCUT2D eigenvalue weighted by Crippen LogP contribution is -2.14. The maximum atomic E-state index is 12.5. The minimum absolute atomic E-state index is 0.0623. The van der Waals surface area contributed by atoms with Crippen molar-refractivity contribution in [1.82, 2.24) is 24.7 Å². The molecule has 7 nitrogen and oxygen atoms in total. The summed E-state index contributed by atoms with van der Waals surface area (Å²) in [5.74, 6) is 2.21. The minimum Gasteiger partial charge on any atom is -0.337 e. The fraction of sp³-hybridized carbons (Fsp3) is 0.308. The van der Waals surface area contributed by atoms with Gasteiger partial charge in [-0.15, -0.1) is 10.2 Å². The Morgan fingerprint density at radius 1 is 1.06 bits per heavy atom. The lowest BCUT2D eigenvalue weighted by atomic mass is 10.1. The molecule has 174 valence electrons. The van der Waals surface area contributed by atoms with Gasteiger partial charge >= 0.3 is 0 Å². The molecule has 0 fully saturated rings. The van der Waals surface area contributed by atoms with Crippen LogP contribution < -0.4 is 5.32 Å². The van der Waals surface area contributed by atoms with E-state index in [4.69, 9.17) is 0 Å². The van der Waals surface area contributed by atoms with Crippen LogP contribution in [0.25, 0.3) is 11.4 Å². The van der Waals surface area contributed by atoms with Gasteiger partial charge < -0.3 is 14.9 Å². The number of hydrogen-bond donors (Lipinski definition) is 2. The number of benzene rings is 2. The summed E-state index contributed by atoms with van der Waals surface area (Å²) in [6, 6.07) is 18.1. The van der Waals surface area contributed by atoms with Crippen molar-refractivity contribution in [3.63, 3.8) is 0 Å². The molecule has 0 unspecified atom stereocenters. The SMILES string of the molecule is Cc1[nH]c(SCC(=O)Nc2ccc(-c3nnc4n3CCCCC4)cc2)nc1Cc1ccccc1. The number of amides is 1. The molecule has 2 aromatic heterocycles. The molecule has 34 heavy (non-hydrogen) atoms. The monoisotopic (exact) mass is 472 g/mol. The first kappa shape index (κ1) is 22.4. The van der Waals surface area contributed by atoms with Crippen LogP contribution in [0.5, 0.6) is 0 Å². The molecule has 4 aromatic rings. The summed E-state index contributed by atoms with van der Waals surface area (Å²) in [4.78, 5) is 20.5. The second-order valence-electron chi connectivity index (χ2n) is 8.59. The topological polar surface area (TPSA) is 88.5 Å². The molecule has 0 bridgehead atoms. The molecule has 5 rings (SSSR count). The van der Waals surface area contributed by atoms with Crippen molar-refractivity contribution in [3.8, 4) is 11.4 Å². The van der Waals surface area contributed by atoms with Crippen LogP contribution in [-0.4, -0.2) is 36.4 Å². The first-order valence-electron chi connectivity index (χ1n) is 11.7. The molecule has 0 atom stereocenters. The summed E-state index contributed by atoms with van der Waals surface area (Å²) in [5.41, 5.74) is 5.05. The molecule has 8 heteroatoms. The van der Waals surface area contributed by atoms with Gasteiger partial charge in [0.15, 0.2) is 11.0 Å². The van der Waals surface area contributed by atoms with E-state index in [1.54, 1.807) is 0 Å². The number of H-pyrrole nitrogens is 1. The molecule has 1 aliphatic rings. The first-order chi connectivity index (χ1) is 16.7. The highest BCUT2D eigenvalue weighted by molar-refractivity contribution is 7.99. The maximum Gasteiger partial charge on any atom is 0.234 e. The zero-order chi connectivity index (χ0) is 23.3. The Bertz CT molecular complexity index is 1260. The van der Waals surface area contributed by atoms with Gasteiger partial charge in [0, 0.05) is 36.3 Å². The van der Waals surface area contributed by atoms with Gasteiger partial charge in [0.25, 0.3) is 0 Å². The molecule has 0 aliphatic carbocycles. The highest BCUT2D eigenvalue weighted by Gasteiger charge is 2.16. The van der Waals surface area contributed by atoms with Crippen LogP contribution in [0.3, 0.4) is 0 Å². The quantitative estimate of drug-likeness (QED) is 0.369. The molecule has 3 heterocycles. The van der Waals surface area contributed by atoms with Crippen molar-refractivity contribution < 1.29 is 4.79 Å². The number of aryl methyl sites for hydroxylation is 2. The highest BCUT2D eigenvalue weighted by Crippen LogP contribution is 2.24. The summed E-state index contributed by atoms with van der Waals surface area (Å²) in [6.45, 7) is 2.98. The van der Waals surface area contributed by atoms with Crippen LogP contribution in [-0.2, 0) is 24.2 Å². The van der Waals surface area contributed by atoms with Crippen LogP contribution in [0.15, 0.2) is 59.8 Å². The van der Waals surface area contributed by atoms with Crippen molar-refractivity contribution in [2.75, 3.05) is 11.1 Å². The number of imidazole rings is 1. The fourth-order valence-corrected chi connectivity index (χ4v) is 4.97. The van der Waals surface area contributed by atoms with E-state index in [9.17, 15) is 4.79 Å². The number of anilines is 1. The average Bonchev–Trinajstić information content (AvgIpc) is 3.32. The van der Waals surface area contributed by atoms with Crippen LogP contribution in [0.2, 0.25) is 0 Å². The van der Waals surface area contributed by atoms with Gasteiger partial charge in [-0.1, -0.05) is 48.5 Å². The Balaban J connectivity index is 1.17. The Morgan fingerprint density at radius 2 is 1.88 bits per heavy atom. The van der Waals surface area contributed by atoms with E-state index < -0.39 is 0 Å². The zero-order valence-electron chi connectivity index (χ0n) is 19.3. The minimum atomic E-state index is -0.0623. The van der Waals surface area contributed by atoms with E-state index in [1.165, 1.54) is 30.2 Å². The number of hydrogen-bond acceptors (Lipinski definition) is 5. The molecular weight excluding hydrogens is 444 g/mol. The Hall–Kier alpha value is -3.39. The predicted octanol–water partition coefficient (Wildman–Crippen LogP) is 5.02. The molecular formula is C26H28N6OS. The predicted molar refractivity (Wildman–Crippen MR) is 135 cm³/mol. The van der Waals surface area contributed by atoms with E-state index >= 15 is 0 Å². The Morgan fingerprint density at radius 3 is 2.71 bits per heavy atom. The largest absolute Gasteiger partial charge is 0.337 e. The molecule has 2 N–H and O–H groups in total. The smallest absolute Gasteiger partial charge is 0.234 e. The molecule has 0 radical (unpaired) electrons. The van der Waals surface area contributed by atoms with Gasteiger partial charge in [0.05, 0.1) is 11.4 Å². The number of aromatic nitrogens is 5. The molecule has 0 saturated heterocycles. The summed E-state index contributed by atoms with van der Waals surface area (Å²) >= 11 is 1.41. The number of aromatic amines is 1. The molecule has 0 spiro atoms. The van der Waals surface area contributed by atoms with Crippen LogP contribution in [0.1, 0.15) is 42.0 Å². The highest BCUT2D eigenvalue weighted by atomic mass is 32.2. The van der Waals surface area contributed by atoms with Crippen molar-refractivity contribution in [3.05, 3.63) is 77.4 Å². The van der Waals surface area contributed by atoms with Crippen molar-refractivity contribution in [2.45, 2.75) is 50.7 Å². The summed E-state index contributed by atoms with van der Waals surface area (Å²) < 4.78 is 2.23. The number of carbonyl (C=O) groups is 1. The second kappa shape index (κ2) is 10.3. The average molecular weight is 473 g/mol. The Labute approximate surface area is 203 Å². The van der Waals surface area contributed by atoms with E-state index in [0.29, 0.717) is 0 Å².